The molecule has 1 aromatic carbocycles. The molecule has 0 aliphatic carbocycles. The summed E-state index contributed by atoms with van der Waals surface area (Å²) in [5.74, 6) is -2.07. The Kier molecular flexibility index (Phi) is 4.31. The van der Waals surface area contributed by atoms with Crippen molar-refractivity contribution in [3.8, 4) is 0 Å². The molecule has 0 saturated carbocycles. The van der Waals surface area contributed by atoms with Crippen LogP contribution in [0, 0.1) is 18.6 Å². The Hall–Kier alpha value is -1.27. The van der Waals surface area contributed by atoms with Gasteiger partial charge in [0.25, 0.3) is 5.91 Å². The van der Waals surface area contributed by atoms with E-state index in [0.717, 1.165) is 15.4 Å². The predicted molar refractivity (Wildman–Crippen MR) is 74.3 cm³/mol. The molecule has 1 aromatic heterocycles. The molecule has 0 saturated heterocycles. The van der Waals surface area contributed by atoms with Crippen LogP contribution in [0.1, 0.15) is 20.8 Å². The van der Waals surface area contributed by atoms with Crippen LogP contribution in [-0.2, 0) is 6.54 Å². The second-order valence-corrected chi connectivity index (χ2v) is 5.81. The predicted octanol–water partition coefficient (Wildman–Crippen LogP) is 4.03. The second kappa shape index (κ2) is 5.79. The van der Waals surface area contributed by atoms with Crippen molar-refractivity contribution in [1.82, 2.24) is 5.32 Å². The van der Waals surface area contributed by atoms with Gasteiger partial charge in [-0.05, 0) is 45.9 Å². The first-order valence-corrected chi connectivity index (χ1v) is 7.12. The Bertz CT molecular complexity index is 627. The van der Waals surface area contributed by atoms with Gasteiger partial charge >= 0.3 is 0 Å². The van der Waals surface area contributed by atoms with Crippen molar-refractivity contribution in [1.29, 1.82) is 0 Å². The molecule has 1 amide bonds. The zero-order valence-corrected chi connectivity index (χ0v) is 12.4. The largest absolute Gasteiger partial charge is 0.347 e. The van der Waals surface area contributed by atoms with E-state index < -0.39 is 17.5 Å². The molecule has 0 fully saturated rings. The first-order chi connectivity index (χ1) is 8.99. The van der Waals surface area contributed by atoms with E-state index in [9.17, 15) is 13.6 Å². The SMILES string of the molecule is Cc1cc(C(=O)NCc2sccc2Br)c(F)cc1F. The summed E-state index contributed by atoms with van der Waals surface area (Å²) in [7, 11) is 0. The number of halogens is 3. The summed E-state index contributed by atoms with van der Waals surface area (Å²) >= 11 is 4.82. The molecular weight excluding hydrogens is 336 g/mol. The molecule has 0 spiro atoms. The highest BCUT2D eigenvalue weighted by molar-refractivity contribution is 9.10. The van der Waals surface area contributed by atoms with E-state index in [1.807, 2.05) is 11.4 Å². The average Bonchev–Trinajstić information content (AvgIpc) is 2.76. The first kappa shape index (κ1) is 14.1. The van der Waals surface area contributed by atoms with Gasteiger partial charge in [-0.15, -0.1) is 11.3 Å². The summed E-state index contributed by atoms with van der Waals surface area (Å²) in [6.45, 7) is 1.79. The molecule has 0 atom stereocenters. The van der Waals surface area contributed by atoms with Crippen LogP contribution < -0.4 is 5.32 Å². The van der Waals surface area contributed by atoms with Gasteiger partial charge in [-0.25, -0.2) is 8.78 Å². The highest BCUT2D eigenvalue weighted by Gasteiger charge is 2.14. The maximum Gasteiger partial charge on any atom is 0.254 e. The fraction of sp³-hybridized carbons (Fsp3) is 0.154. The number of hydrogen-bond acceptors (Lipinski definition) is 2. The molecule has 0 bridgehead atoms. The third kappa shape index (κ3) is 3.19. The van der Waals surface area contributed by atoms with Crippen molar-refractivity contribution in [3.05, 3.63) is 55.7 Å². The van der Waals surface area contributed by atoms with E-state index in [2.05, 4.69) is 21.2 Å². The lowest BCUT2D eigenvalue weighted by molar-refractivity contribution is 0.0947. The van der Waals surface area contributed by atoms with Crippen LogP contribution in [-0.4, -0.2) is 5.91 Å². The van der Waals surface area contributed by atoms with Crippen LogP contribution in [0.4, 0.5) is 8.78 Å². The lowest BCUT2D eigenvalue weighted by Gasteiger charge is -2.07. The highest BCUT2D eigenvalue weighted by atomic mass is 79.9. The van der Waals surface area contributed by atoms with Gasteiger partial charge in [0, 0.05) is 15.4 Å². The van der Waals surface area contributed by atoms with Crippen molar-refractivity contribution in [3.63, 3.8) is 0 Å². The maximum absolute atomic E-state index is 13.5. The van der Waals surface area contributed by atoms with E-state index in [1.54, 1.807) is 0 Å². The molecule has 1 N–H and O–H groups in total. The van der Waals surface area contributed by atoms with Gasteiger partial charge in [-0.1, -0.05) is 0 Å². The average molecular weight is 346 g/mol. The molecule has 1 heterocycles. The Morgan fingerprint density at radius 3 is 2.74 bits per heavy atom. The number of thiophene rings is 1. The van der Waals surface area contributed by atoms with Crippen LogP contribution in [0.2, 0.25) is 0 Å². The number of benzene rings is 1. The maximum atomic E-state index is 13.5. The Morgan fingerprint density at radius 1 is 1.37 bits per heavy atom. The minimum atomic E-state index is -0.856. The van der Waals surface area contributed by atoms with Crippen LogP contribution in [0.3, 0.4) is 0 Å². The van der Waals surface area contributed by atoms with E-state index in [0.29, 0.717) is 6.54 Å². The van der Waals surface area contributed by atoms with Crippen molar-refractivity contribution in [2.45, 2.75) is 13.5 Å². The summed E-state index contributed by atoms with van der Waals surface area (Å²) in [6.07, 6.45) is 0. The third-order valence-corrected chi connectivity index (χ3v) is 4.52. The Morgan fingerprint density at radius 2 is 2.11 bits per heavy atom. The zero-order chi connectivity index (χ0) is 14.0. The molecule has 2 aromatic rings. The highest BCUT2D eigenvalue weighted by Crippen LogP contribution is 2.22. The second-order valence-electron chi connectivity index (χ2n) is 3.96. The first-order valence-electron chi connectivity index (χ1n) is 5.44. The molecule has 0 aliphatic rings. The molecule has 19 heavy (non-hydrogen) atoms. The number of rotatable bonds is 3. The van der Waals surface area contributed by atoms with Crippen LogP contribution in [0.15, 0.2) is 28.1 Å². The van der Waals surface area contributed by atoms with Gasteiger partial charge in [-0.3, -0.25) is 4.79 Å². The van der Waals surface area contributed by atoms with Gasteiger partial charge in [-0.2, -0.15) is 0 Å². The van der Waals surface area contributed by atoms with Gasteiger partial charge in [0.1, 0.15) is 11.6 Å². The number of carbonyl (C=O) groups is 1. The van der Waals surface area contributed by atoms with Gasteiger partial charge < -0.3 is 5.32 Å². The summed E-state index contributed by atoms with van der Waals surface area (Å²) in [6, 6.07) is 3.81. The van der Waals surface area contributed by atoms with Crippen LogP contribution in [0.5, 0.6) is 0 Å². The quantitative estimate of drug-likeness (QED) is 0.893. The normalized spacial score (nSPS) is 10.5. The summed E-state index contributed by atoms with van der Waals surface area (Å²) < 4.78 is 27.5. The minimum absolute atomic E-state index is 0.147. The molecule has 2 rings (SSSR count). The van der Waals surface area contributed by atoms with Gasteiger partial charge in [0.05, 0.1) is 12.1 Å². The molecule has 0 unspecified atom stereocenters. The smallest absolute Gasteiger partial charge is 0.254 e. The number of hydrogen-bond donors (Lipinski definition) is 1. The number of nitrogens with one attached hydrogen (secondary N) is 1. The molecular formula is C13H10BrF2NOS. The standard InChI is InChI=1S/C13H10BrF2NOS/c1-7-4-8(11(16)5-10(7)15)13(18)17-6-12-9(14)2-3-19-12/h2-5H,6H2,1H3,(H,17,18). The molecule has 0 aliphatic heterocycles. The summed E-state index contributed by atoms with van der Waals surface area (Å²) in [4.78, 5) is 12.8. The van der Waals surface area contributed by atoms with Crippen LogP contribution >= 0.6 is 27.3 Å². The van der Waals surface area contributed by atoms with Crippen molar-refractivity contribution >= 4 is 33.2 Å². The molecule has 100 valence electrons. The lowest BCUT2D eigenvalue weighted by Crippen LogP contribution is -2.23. The fourth-order valence-electron chi connectivity index (χ4n) is 1.54. The molecule has 6 heteroatoms. The summed E-state index contributed by atoms with van der Waals surface area (Å²) in [5.41, 5.74) is 0.0930. The topological polar surface area (TPSA) is 29.1 Å². The van der Waals surface area contributed by atoms with Crippen molar-refractivity contribution in [2.75, 3.05) is 0 Å². The third-order valence-electron chi connectivity index (χ3n) is 2.59. The Labute approximate surface area is 121 Å². The van der Waals surface area contributed by atoms with Gasteiger partial charge in [0.2, 0.25) is 0 Å². The lowest BCUT2D eigenvalue weighted by atomic mass is 10.1. The summed E-state index contributed by atoms with van der Waals surface area (Å²) in [5, 5.41) is 4.49. The number of aryl methyl sites for hydroxylation is 1. The molecule has 0 radical (unpaired) electrons. The monoisotopic (exact) mass is 345 g/mol. The van der Waals surface area contributed by atoms with E-state index in [1.165, 1.54) is 24.3 Å². The molecule has 2 nitrogen and oxygen atoms in total. The fourth-order valence-corrected chi connectivity index (χ4v) is 2.97. The number of amides is 1. The minimum Gasteiger partial charge on any atom is -0.347 e. The van der Waals surface area contributed by atoms with E-state index in [4.69, 9.17) is 0 Å². The Balaban J connectivity index is 2.12. The van der Waals surface area contributed by atoms with Crippen molar-refractivity contribution < 1.29 is 13.6 Å². The zero-order valence-electron chi connectivity index (χ0n) is 9.97. The van der Waals surface area contributed by atoms with E-state index in [-0.39, 0.29) is 11.1 Å². The van der Waals surface area contributed by atoms with E-state index >= 15 is 0 Å². The van der Waals surface area contributed by atoms with Crippen molar-refractivity contribution in [2.24, 2.45) is 0 Å². The van der Waals surface area contributed by atoms with Gasteiger partial charge in [0.15, 0.2) is 0 Å². The van der Waals surface area contributed by atoms with Crippen LogP contribution in [0.25, 0.3) is 0 Å². The number of carbonyl (C=O) groups excluding carboxylic acids is 1.